The Kier molecular flexibility index (Phi) is 5.73. The average Bonchev–Trinajstić information content (AvgIpc) is 3.62. The molecule has 35 heavy (non-hydrogen) atoms. The number of rotatable bonds is 4. The number of carboxylic acid groups (broad SMARTS) is 1. The Morgan fingerprint density at radius 1 is 1.00 bits per heavy atom. The normalized spacial score (nSPS) is 23.7. The number of carboxylic acids is 1. The average molecular weight is 486 g/mol. The Hall–Kier alpha value is -2.49. The van der Waals surface area contributed by atoms with E-state index in [1.165, 1.54) is 17.3 Å². The third kappa shape index (κ3) is 4.23. The summed E-state index contributed by atoms with van der Waals surface area (Å²) in [5, 5.41) is 23.5. The lowest BCUT2D eigenvalue weighted by Gasteiger charge is -2.53. The maximum atomic E-state index is 15.3. The molecule has 1 aromatic heterocycles. The monoisotopic (exact) mass is 485 g/mol. The smallest absolute Gasteiger partial charge is 0.341 e. The number of fused-ring (bicyclic) bond motifs is 1. The molecular formula is C26H34FN4O4. The van der Waals surface area contributed by atoms with E-state index in [-0.39, 0.29) is 17.0 Å². The molecule has 3 heterocycles. The Labute approximate surface area is 204 Å². The molecule has 1 radical (unpaired) electrons. The van der Waals surface area contributed by atoms with Crippen molar-refractivity contribution < 1.29 is 19.5 Å². The van der Waals surface area contributed by atoms with Gasteiger partial charge >= 0.3 is 5.97 Å². The number of carbonyl (C=O) groups is 1. The van der Waals surface area contributed by atoms with Crippen LogP contribution in [0.5, 0.6) is 0 Å². The van der Waals surface area contributed by atoms with Crippen molar-refractivity contribution in [2.75, 3.05) is 31.1 Å². The fourth-order valence-corrected chi connectivity index (χ4v) is 6.20. The highest BCUT2D eigenvalue weighted by molar-refractivity contribution is 5.93. The van der Waals surface area contributed by atoms with Crippen LogP contribution in [0.1, 0.15) is 69.8 Å². The number of pyridine rings is 1. The molecule has 0 atom stereocenters. The number of piperidine rings is 1. The topological polar surface area (TPSA) is 88.9 Å². The summed E-state index contributed by atoms with van der Waals surface area (Å²) in [6, 6.07) is 3.36. The Morgan fingerprint density at radius 3 is 2.14 bits per heavy atom. The number of halogens is 1. The van der Waals surface area contributed by atoms with Crippen molar-refractivity contribution in [1.82, 2.24) is 14.5 Å². The van der Waals surface area contributed by atoms with Crippen LogP contribution in [-0.2, 0) is 5.21 Å². The maximum absolute atomic E-state index is 15.3. The molecule has 2 saturated heterocycles. The van der Waals surface area contributed by atoms with Crippen LogP contribution in [0.15, 0.2) is 23.1 Å². The van der Waals surface area contributed by atoms with Crippen molar-refractivity contribution in [2.45, 2.75) is 76.5 Å². The zero-order valence-electron chi connectivity index (χ0n) is 20.9. The molecule has 0 bridgehead atoms. The summed E-state index contributed by atoms with van der Waals surface area (Å²) < 4.78 is 17.1. The van der Waals surface area contributed by atoms with Crippen LogP contribution in [0.2, 0.25) is 0 Å². The standard InChI is InChI=1S/C26H34FN4O4/c1-25(2)13-17(14-26(3,4)31(25)35)28-7-9-29(10-8-28)22-12-21-18(11-20(22)27)23(32)19(24(33)34)15-30(21)16-5-6-16/h11-12,15-17H,5-10,13-14H2,1-4H3,(H,33,34). The van der Waals surface area contributed by atoms with E-state index < -0.39 is 28.3 Å². The van der Waals surface area contributed by atoms with Crippen molar-refractivity contribution in [3.05, 3.63) is 39.9 Å². The number of hydrogen-bond acceptors (Lipinski definition) is 5. The molecule has 2 aliphatic heterocycles. The second kappa shape index (κ2) is 8.28. The SMILES string of the molecule is CC1(C)CC(N2CCN(c3cc4c(cc3F)c(=O)c(C(=O)O)cn4C3CC3)CC2)CC(C)(C)N1[O]. The van der Waals surface area contributed by atoms with Gasteiger partial charge in [-0.3, -0.25) is 9.69 Å². The molecule has 1 aromatic carbocycles. The van der Waals surface area contributed by atoms with Gasteiger partial charge < -0.3 is 14.6 Å². The predicted molar refractivity (Wildman–Crippen MR) is 131 cm³/mol. The molecule has 1 aliphatic carbocycles. The van der Waals surface area contributed by atoms with E-state index in [1.807, 2.05) is 37.2 Å². The van der Waals surface area contributed by atoms with Crippen LogP contribution in [0.4, 0.5) is 10.1 Å². The molecule has 1 saturated carbocycles. The van der Waals surface area contributed by atoms with Crippen molar-refractivity contribution in [2.24, 2.45) is 0 Å². The highest BCUT2D eigenvalue weighted by Gasteiger charge is 2.47. The largest absolute Gasteiger partial charge is 0.477 e. The van der Waals surface area contributed by atoms with E-state index in [9.17, 15) is 19.9 Å². The fraction of sp³-hybridized carbons (Fsp3) is 0.615. The van der Waals surface area contributed by atoms with Gasteiger partial charge in [-0.25, -0.2) is 9.18 Å². The predicted octanol–water partition coefficient (Wildman–Crippen LogP) is 3.66. The van der Waals surface area contributed by atoms with E-state index >= 15 is 4.39 Å². The molecule has 0 unspecified atom stereocenters. The van der Waals surface area contributed by atoms with E-state index in [4.69, 9.17) is 0 Å². The number of aromatic nitrogens is 1. The summed E-state index contributed by atoms with van der Waals surface area (Å²) in [6.07, 6.45) is 4.83. The second-order valence-corrected chi connectivity index (χ2v) is 11.6. The first-order chi connectivity index (χ1) is 16.4. The Bertz CT molecular complexity index is 1210. The van der Waals surface area contributed by atoms with Gasteiger partial charge in [-0.1, -0.05) is 0 Å². The zero-order valence-corrected chi connectivity index (χ0v) is 20.9. The first-order valence-corrected chi connectivity index (χ1v) is 12.5. The summed E-state index contributed by atoms with van der Waals surface area (Å²) in [6.45, 7) is 10.8. The third-order valence-corrected chi connectivity index (χ3v) is 8.01. The molecular weight excluding hydrogens is 451 g/mol. The molecule has 5 rings (SSSR count). The molecule has 189 valence electrons. The minimum absolute atomic E-state index is 0.116. The number of hydrogen-bond donors (Lipinski definition) is 1. The number of benzene rings is 1. The molecule has 3 fully saturated rings. The van der Waals surface area contributed by atoms with Crippen molar-refractivity contribution in [1.29, 1.82) is 0 Å². The summed E-state index contributed by atoms with van der Waals surface area (Å²) >= 11 is 0. The van der Waals surface area contributed by atoms with Crippen molar-refractivity contribution >= 4 is 22.6 Å². The van der Waals surface area contributed by atoms with Gasteiger partial charge in [0.15, 0.2) is 0 Å². The lowest BCUT2D eigenvalue weighted by molar-refractivity contribution is -0.294. The quantitative estimate of drug-likeness (QED) is 0.711. The van der Waals surface area contributed by atoms with Crippen LogP contribution in [0.25, 0.3) is 10.9 Å². The lowest BCUT2D eigenvalue weighted by atomic mass is 9.78. The van der Waals surface area contributed by atoms with E-state index in [2.05, 4.69) is 4.90 Å². The van der Waals surface area contributed by atoms with Crippen LogP contribution in [0, 0.1) is 5.82 Å². The van der Waals surface area contributed by atoms with Crippen LogP contribution in [-0.4, -0.2) is 68.9 Å². The van der Waals surface area contributed by atoms with Crippen molar-refractivity contribution in [3.63, 3.8) is 0 Å². The number of anilines is 1. The van der Waals surface area contributed by atoms with Gasteiger partial charge in [-0.05, 0) is 65.5 Å². The van der Waals surface area contributed by atoms with Crippen molar-refractivity contribution in [3.8, 4) is 0 Å². The van der Waals surface area contributed by atoms with Gasteiger partial charge in [0.05, 0.1) is 11.2 Å². The molecule has 0 spiro atoms. The highest BCUT2D eigenvalue weighted by Crippen LogP contribution is 2.40. The Morgan fingerprint density at radius 2 is 1.60 bits per heavy atom. The van der Waals surface area contributed by atoms with Gasteiger partial charge in [0.25, 0.3) is 0 Å². The minimum atomic E-state index is -1.29. The van der Waals surface area contributed by atoms with Gasteiger partial charge in [0.2, 0.25) is 5.43 Å². The van der Waals surface area contributed by atoms with Gasteiger partial charge in [-0.15, -0.1) is 10.3 Å². The fourth-order valence-electron chi connectivity index (χ4n) is 6.20. The van der Waals surface area contributed by atoms with Crippen LogP contribution < -0.4 is 10.3 Å². The first-order valence-electron chi connectivity index (χ1n) is 12.5. The number of piperazine rings is 1. The number of aromatic carboxylic acids is 1. The third-order valence-electron chi connectivity index (χ3n) is 8.01. The van der Waals surface area contributed by atoms with Crippen LogP contribution in [0.3, 0.4) is 0 Å². The Balaban J connectivity index is 1.40. The van der Waals surface area contributed by atoms with E-state index in [0.29, 0.717) is 30.3 Å². The van der Waals surface area contributed by atoms with E-state index in [1.54, 1.807) is 6.07 Å². The minimum Gasteiger partial charge on any atom is -0.477 e. The first kappa shape index (κ1) is 24.2. The summed E-state index contributed by atoms with van der Waals surface area (Å²) in [4.78, 5) is 28.8. The van der Waals surface area contributed by atoms with Gasteiger partial charge in [-0.2, -0.15) is 0 Å². The molecule has 3 aliphatic rings. The van der Waals surface area contributed by atoms with Gasteiger partial charge in [0, 0.05) is 60.9 Å². The molecule has 8 nitrogen and oxygen atoms in total. The number of nitrogens with zero attached hydrogens (tertiary/aromatic N) is 4. The lowest BCUT2D eigenvalue weighted by Crippen LogP contribution is -2.64. The second-order valence-electron chi connectivity index (χ2n) is 11.6. The highest BCUT2D eigenvalue weighted by atomic mass is 19.1. The summed E-state index contributed by atoms with van der Waals surface area (Å²) in [7, 11) is 0. The summed E-state index contributed by atoms with van der Waals surface area (Å²) in [5.41, 5.74) is -0.795. The summed E-state index contributed by atoms with van der Waals surface area (Å²) in [5.74, 6) is -1.80. The zero-order chi connectivity index (χ0) is 25.3. The molecule has 2 aromatic rings. The molecule has 0 amide bonds. The van der Waals surface area contributed by atoms with Gasteiger partial charge in [0.1, 0.15) is 11.4 Å². The molecule has 1 N–H and O–H groups in total. The van der Waals surface area contributed by atoms with Crippen LogP contribution >= 0.6 is 0 Å². The number of hydroxylamine groups is 2. The van der Waals surface area contributed by atoms with E-state index in [0.717, 1.165) is 38.8 Å². The maximum Gasteiger partial charge on any atom is 0.341 e. The molecule has 9 heteroatoms.